The molecule has 0 bridgehead atoms. The molecule has 0 fully saturated rings. The molecule has 2 aromatic carbocycles. The topological polar surface area (TPSA) is 82.9 Å². The summed E-state index contributed by atoms with van der Waals surface area (Å²) in [5.41, 5.74) is 9.08. The van der Waals surface area contributed by atoms with Crippen LogP contribution in [0.1, 0.15) is 11.1 Å². The predicted octanol–water partition coefficient (Wildman–Crippen LogP) is 2.19. The maximum Gasteiger partial charge on any atom is 0.278 e. The van der Waals surface area contributed by atoms with E-state index in [1.54, 1.807) is 15.5 Å². The van der Waals surface area contributed by atoms with Crippen LogP contribution in [-0.2, 0) is 17.9 Å². The first-order valence-electron chi connectivity index (χ1n) is 8.35. The lowest BCUT2D eigenvalue weighted by Crippen LogP contribution is -2.25. The number of rotatable bonds is 4. The second-order valence-electron chi connectivity index (χ2n) is 6.43. The van der Waals surface area contributed by atoms with E-state index in [0.717, 1.165) is 22.0 Å². The zero-order valence-electron chi connectivity index (χ0n) is 14.3. The molecule has 0 aliphatic heterocycles. The van der Waals surface area contributed by atoms with E-state index in [9.17, 15) is 9.59 Å². The molecule has 0 aliphatic rings. The molecule has 4 aromatic rings. The van der Waals surface area contributed by atoms with Crippen LogP contribution in [0.2, 0.25) is 0 Å². The molecule has 0 atom stereocenters. The van der Waals surface area contributed by atoms with Gasteiger partial charge >= 0.3 is 0 Å². The number of amides is 1. The van der Waals surface area contributed by atoms with Crippen molar-refractivity contribution in [3.8, 4) is 0 Å². The molecule has 0 unspecified atom stereocenters. The second-order valence-corrected chi connectivity index (χ2v) is 6.43. The molecule has 2 heterocycles. The van der Waals surface area contributed by atoms with Crippen LogP contribution in [0, 0.1) is 6.92 Å². The summed E-state index contributed by atoms with van der Waals surface area (Å²) >= 11 is 0. The second kappa shape index (κ2) is 6.15. The SMILES string of the molecule is Cc1ccc2c(c1)c1ncn(Cc3ccccc3)c(=O)c1n2CC(N)=O. The molecule has 0 saturated carbocycles. The summed E-state index contributed by atoms with van der Waals surface area (Å²) in [5, 5.41) is 0.852. The van der Waals surface area contributed by atoms with Crippen LogP contribution < -0.4 is 11.3 Å². The Morgan fingerprint density at radius 2 is 1.92 bits per heavy atom. The quantitative estimate of drug-likeness (QED) is 0.615. The van der Waals surface area contributed by atoms with Gasteiger partial charge in [0.1, 0.15) is 17.6 Å². The van der Waals surface area contributed by atoms with Crippen molar-refractivity contribution < 1.29 is 4.79 Å². The van der Waals surface area contributed by atoms with Gasteiger partial charge in [0.2, 0.25) is 5.91 Å². The lowest BCUT2D eigenvalue weighted by molar-refractivity contribution is -0.118. The smallest absolute Gasteiger partial charge is 0.278 e. The number of hydrogen-bond acceptors (Lipinski definition) is 3. The van der Waals surface area contributed by atoms with Crippen LogP contribution in [0.15, 0.2) is 59.7 Å². The van der Waals surface area contributed by atoms with Gasteiger partial charge in [-0.25, -0.2) is 4.98 Å². The number of carbonyl (C=O) groups excluding carboxylic acids is 1. The number of nitrogens with zero attached hydrogens (tertiary/aromatic N) is 3. The summed E-state index contributed by atoms with van der Waals surface area (Å²) in [6, 6.07) is 15.5. The number of fused-ring (bicyclic) bond motifs is 3. The summed E-state index contributed by atoms with van der Waals surface area (Å²) in [6.07, 6.45) is 1.56. The highest BCUT2D eigenvalue weighted by molar-refractivity contribution is 6.06. The number of aromatic nitrogens is 3. The molecular formula is C20H18N4O2. The third kappa shape index (κ3) is 2.65. The van der Waals surface area contributed by atoms with Crippen molar-refractivity contribution in [1.82, 2.24) is 14.1 Å². The Hall–Kier alpha value is -3.41. The zero-order valence-corrected chi connectivity index (χ0v) is 14.3. The molecule has 130 valence electrons. The van der Waals surface area contributed by atoms with Gasteiger partial charge in [0.15, 0.2) is 0 Å². The Kier molecular flexibility index (Phi) is 3.80. The van der Waals surface area contributed by atoms with E-state index in [1.807, 2.05) is 55.5 Å². The first-order valence-corrected chi connectivity index (χ1v) is 8.35. The van der Waals surface area contributed by atoms with Crippen molar-refractivity contribution in [2.24, 2.45) is 5.73 Å². The van der Waals surface area contributed by atoms with E-state index in [4.69, 9.17) is 5.73 Å². The van der Waals surface area contributed by atoms with Crippen molar-refractivity contribution in [2.75, 3.05) is 0 Å². The summed E-state index contributed by atoms with van der Waals surface area (Å²) in [6.45, 7) is 2.34. The number of nitrogens with two attached hydrogens (primary N) is 1. The van der Waals surface area contributed by atoms with Crippen LogP contribution in [0.4, 0.5) is 0 Å². The van der Waals surface area contributed by atoms with Gasteiger partial charge in [0, 0.05) is 5.39 Å². The molecule has 6 heteroatoms. The minimum atomic E-state index is -0.498. The molecule has 0 radical (unpaired) electrons. The first-order chi connectivity index (χ1) is 12.5. The van der Waals surface area contributed by atoms with Crippen LogP contribution >= 0.6 is 0 Å². The molecule has 0 saturated heterocycles. The number of aryl methyl sites for hydroxylation is 1. The minimum absolute atomic E-state index is 0.0602. The Morgan fingerprint density at radius 3 is 2.65 bits per heavy atom. The number of carbonyl (C=O) groups is 1. The third-order valence-electron chi connectivity index (χ3n) is 4.49. The van der Waals surface area contributed by atoms with Gasteiger partial charge < -0.3 is 10.3 Å². The summed E-state index contributed by atoms with van der Waals surface area (Å²) in [5.74, 6) is -0.498. The fraction of sp³-hybridized carbons (Fsp3) is 0.150. The fourth-order valence-corrected chi connectivity index (χ4v) is 3.33. The van der Waals surface area contributed by atoms with Crippen molar-refractivity contribution in [3.05, 3.63) is 76.3 Å². The monoisotopic (exact) mass is 346 g/mol. The molecule has 0 aliphatic carbocycles. The highest BCUT2D eigenvalue weighted by Gasteiger charge is 2.17. The van der Waals surface area contributed by atoms with E-state index in [-0.39, 0.29) is 12.1 Å². The van der Waals surface area contributed by atoms with Gasteiger partial charge in [-0.1, -0.05) is 42.0 Å². The van der Waals surface area contributed by atoms with Crippen molar-refractivity contribution in [1.29, 1.82) is 0 Å². The van der Waals surface area contributed by atoms with Crippen LogP contribution in [-0.4, -0.2) is 20.0 Å². The lowest BCUT2D eigenvalue weighted by Gasteiger charge is -2.07. The maximum absolute atomic E-state index is 13.1. The fourth-order valence-electron chi connectivity index (χ4n) is 3.33. The van der Waals surface area contributed by atoms with Crippen molar-refractivity contribution in [2.45, 2.75) is 20.0 Å². The largest absolute Gasteiger partial charge is 0.368 e. The molecule has 6 nitrogen and oxygen atoms in total. The van der Waals surface area contributed by atoms with Crippen LogP contribution in [0.3, 0.4) is 0 Å². The molecule has 2 aromatic heterocycles. The van der Waals surface area contributed by atoms with Gasteiger partial charge in [-0.05, 0) is 24.6 Å². The Balaban J connectivity index is 1.99. The molecule has 2 N–H and O–H groups in total. The zero-order chi connectivity index (χ0) is 18.3. The number of primary amides is 1. The Bertz CT molecular complexity index is 1190. The van der Waals surface area contributed by atoms with Gasteiger partial charge in [-0.3, -0.25) is 14.2 Å². The average molecular weight is 346 g/mol. The third-order valence-corrected chi connectivity index (χ3v) is 4.49. The van der Waals surface area contributed by atoms with Gasteiger partial charge in [0.05, 0.1) is 18.4 Å². The van der Waals surface area contributed by atoms with E-state index >= 15 is 0 Å². The van der Waals surface area contributed by atoms with Crippen LogP contribution in [0.5, 0.6) is 0 Å². The van der Waals surface area contributed by atoms with Gasteiger partial charge in [-0.2, -0.15) is 0 Å². The number of benzene rings is 2. The van der Waals surface area contributed by atoms with Gasteiger partial charge in [0.25, 0.3) is 5.56 Å². The van der Waals surface area contributed by atoms with Crippen molar-refractivity contribution in [3.63, 3.8) is 0 Å². The summed E-state index contributed by atoms with van der Waals surface area (Å²) < 4.78 is 3.23. The van der Waals surface area contributed by atoms with Crippen molar-refractivity contribution >= 4 is 27.8 Å². The Labute approximate surface area is 149 Å². The molecule has 0 spiro atoms. The molecule has 4 rings (SSSR count). The van der Waals surface area contributed by atoms with Gasteiger partial charge in [-0.15, -0.1) is 0 Å². The van der Waals surface area contributed by atoms with E-state index in [2.05, 4.69) is 4.98 Å². The maximum atomic E-state index is 13.1. The standard InChI is InChI=1S/C20H18N4O2/c1-13-7-8-16-15(9-13)18-19(24(16)11-17(21)25)20(26)23(12-22-18)10-14-5-3-2-4-6-14/h2-9,12H,10-11H2,1H3,(H2,21,25). The Morgan fingerprint density at radius 1 is 1.15 bits per heavy atom. The summed E-state index contributed by atoms with van der Waals surface area (Å²) in [7, 11) is 0. The normalized spacial score (nSPS) is 11.3. The highest BCUT2D eigenvalue weighted by Crippen LogP contribution is 2.26. The molecule has 26 heavy (non-hydrogen) atoms. The average Bonchev–Trinajstić information content (AvgIpc) is 2.91. The molecule has 1 amide bonds. The molecular weight excluding hydrogens is 328 g/mol. The number of hydrogen-bond donors (Lipinski definition) is 1. The lowest BCUT2D eigenvalue weighted by atomic mass is 10.1. The first kappa shape index (κ1) is 16.1. The highest BCUT2D eigenvalue weighted by atomic mass is 16.1. The van der Waals surface area contributed by atoms with E-state index < -0.39 is 5.91 Å². The minimum Gasteiger partial charge on any atom is -0.368 e. The van der Waals surface area contributed by atoms with E-state index in [1.165, 1.54) is 0 Å². The van der Waals surface area contributed by atoms with Crippen LogP contribution in [0.25, 0.3) is 21.9 Å². The predicted molar refractivity (Wildman–Crippen MR) is 101 cm³/mol. The van der Waals surface area contributed by atoms with E-state index in [0.29, 0.717) is 17.6 Å². The summed E-state index contributed by atoms with van der Waals surface area (Å²) in [4.78, 5) is 29.2.